The maximum Gasteiger partial charge on any atom is 0.408 e. The van der Waals surface area contributed by atoms with E-state index in [4.69, 9.17) is 42.6 Å². The van der Waals surface area contributed by atoms with E-state index in [9.17, 15) is 39.6 Å². The minimum absolute atomic E-state index is 0.00244. The maximum atomic E-state index is 13.8. The first kappa shape index (κ1) is 55.5. The van der Waals surface area contributed by atoms with Crippen LogP contribution >= 0.6 is 0 Å². The number of rotatable bonds is 18. The minimum Gasteiger partial charge on any atom is -0.445 e. The Morgan fingerprint density at radius 2 is 1.16 bits per heavy atom. The van der Waals surface area contributed by atoms with Crippen molar-refractivity contribution in [3.05, 3.63) is 96.1 Å². The molecule has 21 heteroatoms. The second-order valence-electron chi connectivity index (χ2n) is 20.2. The van der Waals surface area contributed by atoms with E-state index in [1.807, 2.05) is 74.5 Å². The molecule has 8 N–H and O–H groups in total. The number of amides is 4. The zero-order valence-electron chi connectivity index (χ0n) is 42.1. The van der Waals surface area contributed by atoms with Gasteiger partial charge in [0.25, 0.3) is 5.91 Å². The van der Waals surface area contributed by atoms with E-state index in [-0.39, 0.29) is 32.5 Å². The molecule has 15 atom stereocenters. The molecule has 1 saturated heterocycles. The standard InChI is InChI=1S/C52H72N4O17/c1-7-33-19-21-35(55-48(61)65-27-30-15-11-9-12-16-30)44(67-33)70-41-29(3)23-37(54-47(60)52(64)24-32(25-52)53-50(63)73-51(4,5)6)39(58)43(41)72-46-40(59)42(38(26-57)69-46)71-45-36(22-20-34(8-2)68-45)56-49(62)66-28-31-17-13-10-14-18-31/h9-22,29,32-46,57-59,64H,7-8,23-28H2,1-6H3,(H,53,63)(H,54,60)(H,55,61)(H,56,62)/t29-,32?,33+,34-,35+,36+,37+,38+,39-,40+,41+,42+,43+,44+,45+,46-,52?/m0/s1. The number of hydrogen-bond donors (Lipinski definition) is 8. The highest BCUT2D eigenvalue weighted by molar-refractivity contribution is 5.87. The number of aliphatic hydroxyl groups is 4. The topological polar surface area (TPSA) is 280 Å². The fraction of sp³-hybridized carbons (Fsp3) is 0.615. The van der Waals surface area contributed by atoms with Crippen molar-refractivity contribution < 1.29 is 82.2 Å². The highest BCUT2D eigenvalue weighted by atomic mass is 16.8. The second kappa shape index (κ2) is 24.9. The van der Waals surface area contributed by atoms with Crippen molar-refractivity contribution in [3.63, 3.8) is 0 Å². The van der Waals surface area contributed by atoms with E-state index in [1.54, 1.807) is 52.0 Å². The van der Waals surface area contributed by atoms with Crippen LogP contribution in [0.4, 0.5) is 14.4 Å². The third-order valence-corrected chi connectivity index (χ3v) is 13.3. The SMILES string of the molecule is CC[C@H]1C=C[C@@H](NC(=O)OCc2ccccc2)[C@@H](O[C@H]2[C@@H](O)[C@H](O[C@@H]3[C@@H](O)[C@H](NC(=O)C4(O)CC(NC(=O)OC(C)(C)C)C4)C[C@H](C)[C@H]3O[C@H]3O[C@H](CC)C=C[C@H]3NC(=O)OCc3ccccc3)O[C@@H]2CO)O1. The molecule has 4 amide bonds. The lowest BCUT2D eigenvalue weighted by Crippen LogP contribution is -2.67. The summed E-state index contributed by atoms with van der Waals surface area (Å²) in [5, 5.41) is 57.3. The Bertz CT molecular complexity index is 2190. The maximum absolute atomic E-state index is 13.8. The molecule has 21 nitrogen and oxygen atoms in total. The number of carbonyl (C=O) groups is 4. The summed E-state index contributed by atoms with van der Waals surface area (Å²) < 4.78 is 54.5. The molecule has 3 fully saturated rings. The van der Waals surface area contributed by atoms with Gasteiger partial charge in [0.2, 0.25) is 0 Å². The van der Waals surface area contributed by atoms with Crippen molar-refractivity contribution >= 4 is 24.2 Å². The summed E-state index contributed by atoms with van der Waals surface area (Å²) in [6.07, 6.45) is -7.33. The molecule has 0 aromatic heterocycles. The van der Waals surface area contributed by atoms with Gasteiger partial charge in [0.05, 0.1) is 31.0 Å². The van der Waals surface area contributed by atoms with E-state index in [0.29, 0.717) is 12.8 Å². The number of hydrogen-bond acceptors (Lipinski definition) is 17. The monoisotopic (exact) mass is 1020 g/mol. The molecule has 7 rings (SSSR count). The van der Waals surface area contributed by atoms with Crippen LogP contribution in [0.25, 0.3) is 0 Å². The fourth-order valence-corrected chi connectivity index (χ4v) is 9.36. The number of ether oxygens (including phenoxy) is 9. The lowest BCUT2D eigenvalue weighted by Gasteiger charge is -2.48. The first-order valence-electron chi connectivity index (χ1n) is 25.1. The molecule has 0 bridgehead atoms. The van der Waals surface area contributed by atoms with Crippen molar-refractivity contribution in [2.24, 2.45) is 5.92 Å². The second-order valence-corrected chi connectivity index (χ2v) is 20.2. The van der Waals surface area contributed by atoms with Crippen molar-refractivity contribution in [1.82, 2.24) is 21.3 Å². The van der Waals surface area contributed by atoms with Gasteiger partial charge < -0.3 is 84.3 Å². The van der Waals surface area contributed by atoms with Gasteiger partial charge in [0.1, 0.15) is 67.0 Å². The Hall–Kier alpha value is -5.20. The van der Waals surface area contributed by atoms with Crippen molar-refractivity contribution in [2.45, 2.75) is 190 Å². The molecule has 2 aliphatic carbocycles. The van der Waals surface area contributed by atoms with E-state index >= 15 is 0 Å². The predicted octanol–water partition coefficient (Wildman–Crippen LogP) is 3.50. The van der Waals surface area contributed by atoms with Crippen LogP contribution in [-0.2, 0) is 60.6 Å². The Kier molecular flexibility index (Phi) is 18.9. The summed E-state index contributed by atoms with van der Waals surface area (Å²) in [5.74, 6) is -1.35. The van der Waals surface area contributed by atoms with E-state index in [0.717, 1.165) is 11.1 Å². The molecule has 0 unspecified atom stereocenters. The first-order valence-corrected chi connectivity index (χ1v) is 25.1. The minimum atomic E-state index is -1.89. The van der Waals surface area contributed by atoms with Crippen LogP contribution in [0, 0.1) is 5.92 Å². The lowest BCUT2D eigenvalue weighted by atomic mass is 9.74. The van der Waals surface area contributed by atoms with Crippen LogP contribution in [0.15, 0.2) is 85.0 Å². The largest absolute Gasteiger partial charge is 0.445 e. The van der Waals surface area contributed by atoms with Crippen molar-refractivity contribution in [2.75, 3.05) is 6.61 Å². The van der Waals surface area contributed by atoms with Gasteiger partial charge >= 0.3 is 18.3 Å². The van der Waals surface area contributed by atoms with Gasteiger partial charge in [0.15, 0.2) is 18.9 Å². The molecule has 2 aromatic carbocycles. The average molecular weight is 1030 g/mol. The van der Waals surface area contributed by atoms with Crippen LogP contribution in [0.1, 0.15) is 84.8 Å². The molecule has 5 aliphatic rings. The van der Waals surface area contributed by atoms with Gasteiger partial charge in [-0.2, -0.15) is 0 Å². The van der Waals surface area contributed by atoms with Crippen LogP contribution in [-0.4, -0.2) is 154 Å². The summed E-state index contributed by atoms with van der Waals surface area (Å²) in [6.45, 7) is 10.1. The fourth-order valence-electron chi connectivity index (χ4n) is 9.36. The molecular weight excluding hydrogens is 953 g/mol. The zero-order chi connectivity index (χ0) is 52.5. The van der Waals surface area contributed by atoms with Crippen molar-refractivity contribution in [1.29, 1.82) is 0 Å². The third-order valence-electron chi connectivity index (χ3n) is 13.3. The van der Waals surface area contributed by atoms with Gasteiger partial charge in [-0.3, -0.25) is 4.79 Å². The predicted molar refractivity (Wildman–Crippen MR) is 259 cm³/mol. The van der Waals surface area contributed by atoms with Gasteiger partial charge in [-0.1, -0.05) is 106 Å². The number of carbonyl (C=O) groups excluding carboxylic acids is 4. The van der Waals surface area contributed by atoms with Gasteiger partial charge in [0, 0.05) is 18.9 Å². The molecular formula is C52H72N4O17. The van der Waals surface area contributed by atoms with E-state index in [2.05, 4.69) is 21.3 Å². The lowest BCUT2D eigenvalue weighted by molar-refractivity contribution is -0.287. The van der Waals surface area contributed by atoms with E-state index < -0.39 is 140 Å². The Morgan fingerprint density at radius 1 is 0.658 bits per heavy atom. The number of nitrogens with one attached hydrogen (secondary N) is 4. The van der Waals surface area contributed by atoms with E-state index in [1.165, 1.54) is 0 Å². The quantitative estimate of drug-likeness (QED) is 0.0784. The van der Waals surface area contributed by atoms with Gasteiger partial charge in [-0.25, -0.2) is 14.4 Å². The summed E-state index contributed by atoms with van der Waals surface area (Å²) in [5.41, 5.74) is -1.10. The van der Waals surface area contributed by atoms with Crippen LogP contribution in [0.5, 0.6) is 0 Å². The van der Waals surface area contributed by atoms with Crippen molar-refractivity contribution in [3.8, 4) is 0 Å². The molecule has 73 heavy (non-hydrogen) atoms. The Labute approximate surface area is 425 Å². The average Bonchev–Trinajstić information content (AvgIpc) is 3.65. The summed E-state index contributed by atoms with van der Waals surface area (Å²) in [4.78, 5) is 52.4. The molecule has 2 aromatic rings. The highest BCUT2D eigenvalue weighted by Crippen LogP contribution is 2.38. The summed E-state index contributed by atoms with van der Waals surface area (Å²) in [7, 11) is 0. The normalized spacial score (nSPS) is 35.0. The van der Waals surface area contributed by atoms with Gasteiger partial charge in [-0.05, 0) is 57.1 Å². The number of aliphatic hydroxyl groups excluding tert-OH is 3. The molecule has 3 heterocycles. The number of alkyl carbamates (subject to hydrolysis) is 3. The molecule has 402 valence electrons. The summed E-state index contributed by atoms with van der Waals surface area (Å²) >= 11 is 0. The zero-order valence-corrected chi connectivity index (χ0v) is 42.1. The van der Waals surface area contributed by atoms with Crippen LogP contribution in [0.2, 0.25) is 0 Å². The molecule has 0 spiro atoms. The Balaban J connectivity index is 1.08. The smallest absolute Gasteiger partial charge is 0.408 e. The van der Waals surface area contributed by atoms with Crippen LogP contribution < -0.4 is 21.3 Å². The third kappa shape index (κ3) is 14.8. The molecule has 0 radical (unpaired) electrons. The highest BCUT2D eigenvalue weighted by Gasteiger charge is 2.55. The summed E-state index contributed by atoms with van der Waals surface area (Å²) in [6, 6.07) is 14.9. The molecule has 2 saturated carbocycles. The molecule has 3 aliphatic heterocycles. The van der Waals surface area contributed by atoms with Crippen LogP contribution in [0.3, 0.4) is 0 Å². The Morgan fingerprint density at radius 3 is 1.66 bits per heavy atom. The number of benzene rings is 2. The van der Waals surface area contributed by atoms with Gasteiger partial charge in [-0.15, -0.1) is 0 Å². The first-order chi connectivity index (χ1) is 34.8.